The maximum Gasteiger partial charge on any atom is 0.322 e. The zero-order chi connectivity index (χ0) is 14.8. The minimum absolute atomic E-state index is 0.0260. The fourth-order valence-corrected chi connectivity index (χ4v) is 3.52. The summed E-state index contributed by atoms with van der Waals surface area (Å²) < 4.78 is 13.4. The van der Waals surface area contributed by atoms with Crippen LogP contribution in [-0.4, -0.2) is 18.1 Å². The summed E-state index contributed by atoms with van der Waals surface area (Å²) in [6.45, 7) is 2.06. The zero-order valence-corrected chi connectivity index (χ0v) is 12.6. The van der Waals surface area contributed by atoms with Crippen LogP contribution in [0, 0.1) is 5.82 Å². The van der Waals surface area contributed by atoms with Crippen LogP contribution in [0.5, 0.6) is 0 Å². The molecule has 1 aromatic rings. The third-order valence-corrected chi connectivity index (χ3v) is 4.72. The molecule has 1 heterocycles. The molecule has 1 aliphatic heterocycles. The second-order valence-electron chi connectivity index (χ2n) is 6.32. The predicted molar refractivity (Wildman–Crippen MR) is 82.1 cm³/mol. The average Bonchev–Trinajstić information content (AvgIpc) is 2.48. The summed E-state index contributed by atoms with van der Waals surface area (Å²) in [5, 5.41) is 3.17. The molecule has 0 bridgehead atoms. The van der Waals surface area contributed by atoms with Gasteiger partial charge in [-0.15, -0.1) is 0 Å². The van der Waals surface area contributed by atoms with E-state index in [0.29, 0.717) is 6.04 Å². The fraction of sp³-hybridized carbons (Fsp3) is 0.588. The first-order valence-electron chi connectivity index (χ1n) is 8.03. The van der Waals surface area contributed by atoms with Crippen LogP contribution in [0.1, 0.15) is 51.0 Å². The van der Waals surface area contributed by atoms with E-state index < -0.39 is 0 Å². The number of carbonyl (C=O) groups excluding carboxylic acids is 1. The van der Waals surface area contributed by atoms with Crippen molar-refractivity contribution in [1.82, 2.24) is 5.32 Å². The smallest absolute Gasteiger partial charge is 0.322 e. The van der Waals surface area contributed by atoms with E-state index in [2.05, 4.69) is 12.2 Å². The van der Waals surface area contributed by atoms with Gasteiger partial charge in [0.2, 0.25) is 0 Å². The molecule has 2 amide bonds. The normalized spacial score (nSPS) is 22.8. The number of fused-ring (bicyclic) bond motifs is 1. The Bertz CT molecular complexity index is 526. The van der Waals surface area contributed by atoms with Gasteiger partial charge in [0, 0.05) is 17.8 Å². The van der Waals surface area contributed by atoms with Gasteiger partial charge in [-0.2, -0.15) is 0 Å². The summed E-state index contributed by atoms with van der Waals surface area (Å²) in [5.41, 5.74) is 1.80. The number of amides is 2. The fourth-order valence-electron chi connectivity index (χ4n) is 3.52. The molecule has 3 rings (SSSR count). The third kappa shape index (κ3) is 3.04. The van der Waals surface area contributed by atoms with Crippen LogP contribution >= 0.6 is 0 Å². The number of carbonyl (C=O) groups is 1. The van der Waals surface area contributed by atoms with E-state index in [9.17, 15) is 9.18 Å². The molecule has 0 spiro atoms. The Morgan fingerprint density at radius 3 is 2.76 bits per heavy atom. The van der Waals surface area contributed by atoms with E-state index in [-0.39, 0.29) is 17.9 Å². The number of hydrogen-bond acceptors (Lipinski definition) is 1. The third-order valence-electron chi connectivity index (χ3n) is 4.72. The highest BCUT2D eigenvalue weighted by atomic mass is 19.1. The number of rotatable bonds is 1. The molecule has 1 N–H and O–H groups in total. The topological polar surface area (TPSA) is 32.3 Å². The van der Waals surface area contributed by atoms with Gasteiger partial charge in [-0.1, -0.05) is 19.3 Å². The van der Waals surface area contributed by atoms with Crippen LogP contribution in [0.25, 0.3) is 0 Å². The molecule has 1 saturated carbocycles. The molecule has 0 radical (unpaired) electrons. The lowest BCUT2D eigenvalue weighted by Gasteiger charge is -2.36. The molecule has 114 valence electrons. The molecule has 0 saturated heterocycles. The standard InChI is InChI=1S/C17H23FN2O/c1-12-7-8-13-11-14(18)9-10-16(13)20(12)17(21)19-15-5-3-2-4-6-15/h9-12,15H,2-8H2,1H3,(H,19,21). The van der Waals surface area contributed by atoms with Crippen LogP contribution in [0.4, 0.5) is 14.9 Å². The van der Waals surface area contributed by atoms with Crippen molar-refractivity contribution in [3.05, 3.63) is 29.6 Å². The Hall–Kier alpha value is -1.58. The number of benzene rings is 1. The number of nitrogens with zero attached hydrogens (tertiary/aromatic N) is 1. The number of aryl methyl sites for hydroxylation is 1. The van der Waals surface area contributed by atoms with Crippen molar-refractivity contribution in [2.45, 2.75) is 64.0 Å². The van der Waals surface area contributed by atoms with E-state index in [0.717, 1.165) is 36.9 Å². The Morgan fingerprint density at radius 2 is 2.00 bits per heavy atom. The lowest BCUT2D eigenvalue weighted by molar-refractivity contribution is 0.235. The molecule has 3 nitrogen and oxygen atoms in total. The number of hydrogen-bond donors (Lipinski definition) is 1. The van der Waals surface area contributed by atoms with Crippen LogP contribution in [-0.2, 0) is 6.42 Å². The van der Waals surface area contributed by atoms with Crippen molar-refractivity contribution in [2.24, 2.45) is 0 Å². The van der Waals surface area contributed by atoms with Gasteiger partial charge >= 0.3 is 6.03 Å². The van der Waals surface area contributed by atoms with Gasteiger partial charge in [-0.25, -0.2) is 9.18 Å². The molecular weight excluding hydrogens is 267 g/mol. The van der Waals surface area contributed by atoms with E-state index in [1.54, 1.807) is 12.1 Å². The average molecular weight is 290 g/mol. The molecule has 4 heteroatoms. The van der Waals surface area contributed by atoms with Gasteiger partial charge in [0.05, 0.1) is 0 Å². The lowest BCUT2D eigenvalue weighted by atomic mass is 9.95. The van der Waals surface area contributed by atoms with Gasteiger partial charge in [0.25, 0.3) is 0 Å². The highest BCUT2D eigenvalue weighted by molar-refractivity contribution is 5.94. The quantitative estimate of drug-likeness (QED) is 0.832. The van der Waals surface area contributed by atoms with Crippen molar-refractivity contribution >= 4 is 11.7 Å². The minimum Gasteiger partial charge on any atom is -0.335 e. The molecule has 1 unspecified atom stereocenters. The van der Waals surface area contributed by atoms with Crippen molar-refractivity contribution in [2.75, 3.05) is 4.90 Å². The SMILES string of the molecule is CC1CCc2cc(F)ccc2N1C(=O)NC1CCCCC1. The van der Waals surface area contributed by atoms with Crippen molar-refractivity contribution in [3.63, 3.8) is 0 Å². The van der Waals surface area contributed by atoms with Gasteiger partial charge in [-0.3, -0.25) is 4.90 Å². The molecule has 1 aliphatic carbocycles. The van der Waals surface area contributed by atoms with Gasteiger partial charge in [-0.05, 0) is 56.4 Å². The summed E-state index contributed by atoms with van der Waals surface area (Å²) in [6.07, 6.45) is 7.53. The van der Waals surface area contributed by atoms with Crippen LogP contribution in [0.2, 0.25) is 0 Å². The molecule has 1 aromatic carbocycles. The zero-order valence-electron chi connectivity index (χ0n) is 12.6. The van der Waals surface area contributed by atoms with Gasteiger partial charge < -0.3 is 5.32 Å². The molecule has 1 fully saturated rings. The van der Waals surface area contributed by atoms with Crippen molar-refractivity contribution < 1.29 is 9.18 Å². The monoisotopic (exact) mass is 290 g/mol. The Morgan fingerprint density at radius 1 is 1.24 bits per heavy atom. The minimum atomic E-state index is -0.226. The predicted octanol–water partition coefficient (Wildman–Crippen LogP) is 4.01. The summed E-state index contributed by atoms with van der Waals surface area (Å²) in [4.78, 5) is 14.5. The Labute approximate surface area is 125 Å². The second-order valence-corrected chi connectivity index (χ2v) is 6.32. The van der Waals surface area contributed by atoms with Crippen LogP contribution in [0.15, 0.2) is 18.2 Å². The Kier molecular flexibility index (Phi) is 4.13. The molecule has 2 aliphatic rings. The van der Waals surface area contributed by atoms with E-state index in [1.165, 1.54) is 25.3 Å². The van der Waals surface area contributed by atoms with E-state index >= 15 is 0 Å². The Balaban J connectivity index is 1.78. The second kappa shape index (κ2) is 6.04. The number of urea groups is 1. The van der Waals surface area contributed by atoms with Gasteiger partial charge in [0.1, 0.15) is 5.82 Å². The maximum absolute atomic E-state index is 13.4. The molecule has 0 aromatic heterocycles. The lowest BCUT2D eigenvalue weighted by Crippen LogP contribution is -2.50. The highest BCUT2D eigenvalue weighted by Crippen LogP contribution is 2.31. The van der Waals surface area contributed by atoms with Crippen LogP contribution < -0.4 is 10.2 Å². The summed E-state index contributed by atoms with van der Waals surface area (Å²) in [6, 6.07) is 5.17. The summed E-state index contributed by atoms with van der Waals surface area (Å²) >= 11 is 0. The first-order chi connectivity index (χ1) is 10.1. The highest BCUT2D eigenvalue weighted by Gasteiger charge is 2.29. The first-order valence-corrected chi connectivity index (χ1v) is 8.03. The molecule has 1 atom stereocenters. The number of anilines is 1. The van der Waals surface area contributed by atoms with E-state index in [1.807, 2.05) is 4.90 Å². The summed E-state index contributed by atoms with van der Waals surface area (Å²) in [5.74, 6) is -0.226. The first kappa shape index (κ1) is 14.4. The van der Waals surface area contributed by atoms with Gasteiger partial charge in [0.15, 0.2) is 0 Å². The van der Waals surface area contributed by atoms with E-state index in [4.69, 9.17) is 0 Å². The number of nitrogens with one attached hydrogen (secondary N) is 1. The molecular formula is C17H23FN2O. The van der Waals surface area contributed by atoms with Crippen molar-refractivity contribution in [3.8, 4) is 0 Å². The number of halogens is 1. The summed E-state index contributed by atoms with van der Waals surface area (Å²) in [7, 11) is 0. The van der Waals surface area contributed by atoms with Crippen molar-refractivity contribution in [1.29, 1.82) is 0 Å². The maximum atomic E-state index is 13.4. The largest absolute Gasteiger partial charge is 0.335 e. The molecule has 21 heavy (non-hydrogen) atoms. The van der Waals surface area contributed by atoms with Crippen LogP contribution in [0.3, 0.4) is 0 Å².